The van der Waals surface area contributed by atoms with E-state index in [0.29, 0.717) is 25.0 Å². The van der Waals surface area contributed by atoms with E-state index in [1.54, 1.807) is 25.2 Å². The van der Waals surface area contributed by atoms with Gasteiger partial charge in [-0.15, -0.1) is 0 Å². The molecule has 0 aromatic heterocycles. The van der Waals surface area contributed by atoms with Gasteiger partial charge in [-0.25, -0.2) is 0 Å². The quantitative estimate of drug-likeness (QED) is 0.499. The van der Waals surface area contributed by atoms with Gasteiger partial charge in [-0.2, -0.15) is 0 Å². The van der Waals surface area contributed by atoms with E-state index in [2.05, 4.69) is 0 Å². The third-order valence-electron chi connectivity index (χ3n) is 3.61. The molecular formula is C18H13Cl2NO2S2. The van der Waals surface area contributed by atoms with Gasteiger partial charge in [-0.1, -0.05) is 65.4 Å². The van der Waals surface area contributed by atoms with Crippen LogP contribution < -0.4 is 4.74 Å². The maximum absolute atomic E-state index is 12.0. The number of thiocarbonyl (C=S) groups is 1. The number of hydrogen-bond acceptors (Lipinski definition) is 4. The van der Waals surface area contributed by atoms with Gasteiger partial charge in [0.2, 0.25) is 0 Å². The predicted molar refractivity (Wildman–Crippen MR) is 108 cm³/mol. The van der Waals surface area contributed by atoms with E-state index in [-0.39, 0.29) is 12.5 Å². The van der Waals surface area contributed by atoms with Gasteiger partial charge in [-0.05, 0) is 35.9 Å². The first-order valence-corrected chi connectivity index (χ1v) is 9.31. The van der Waals surface area contributed by atoms with Crippen LogP contribution in [0, 0.1) is 0 Å². The number of halogens is 2. The molecule has 0 saturated carbocycles. The first kappa shape index (κ1) is 18.3. The first-order valence-electron chi connectivity index (χ1n) is 7.33. The highest BCUT2D eigenvalue weighted by molar-refractivity contribution is 8.26. The molecule has 0 radical (unpaired) electrons. The number of nitrogens with zero attached hydrogens (tertiary/aromatic N) is 1. The highest BCUT2D eigenvalue weighted by Crippen LogP contribution is 2.31. The van der Waals surface area contributed by atoms with Gasteiger partial charge in [0.15, 0.2) is 0 Å². The van der Waals surface area contributed by atoms with Crippen LogP contribution in [0.2, 0.25) is 10.0 Å². The number of hydrogen-bond donors (Lipinski definition) is 0. The maximum Gasteiger partial charge on any atom is 0.265 e. The van der Waals surface area contributed by atoms with Gasteiger partial charge in [0, 0.05) is 22.7 Å². The number of carbonyl (C=O) groups excluding carboxylic acids is 1. The Hall–Kier alpha value is -1.53. The van der Waals surface area contributed by atoms with Crippen LogP contribution in [0.15, 0.2) is 47.4 Å². The molecule has 1 saturated heterocycles. The molecule has 1 heterocycles. The lowest BCUT2D eigenvalue weighted by molar-refractivity contribution is -0.121. The zero-order valence-electron chi connectivity index (χ0n) is 13.2. The Morgan fingerprint density at radius 3 is 2.36 bits per heavy atom. The van der Waals surface area contributed by atoms with Crippen LogP contribution >= 0.6 is 47.2 Å². The van der Waals surface area contributed by atoms with Gasteiger partial charge in [0.25, 0.3) is 5.91 Å². The Labute approximate surface area is 165 Å². The Balaban J connectivity index is 1.69. The number of benzene rings is 2. The highest BCUT2D eigenvalue weighted by atomic mass is 35.5. The summed E-state index contributed by atoms with van der Waals surface area (Å²) >= 11 is 18.7. The zero-order chi connectivity index (χ0) is 18.0. The molecule has 0 atom stereocenters. The highest BCUT2D eigenvalue weighted by Gasteiger charge is 2.28. The average molecular weight is 410 g/mol. The lowest BCUT2D eigenvalue weighted by atomic mass is 10.2. The van der Waals surface area contributed by atoms with Crippen LogP contribution in [-0.4, -0.2) is 22.2 Å². The number of carbonyl (C=O) groups is 1. The van der Waals surface area contributed by atoms with Crippen LogP contribution in [-0.2, 0) is 11.4 Å². The van der Waals surface area contributed by atoms with Crippen LogP contribution in [0.25, 0.3) is 6.08 Å². The number of rotatable bonds is 4. The Morgan fingerprint density at radius 2 is 1.80 bits per heavy atom. The lowest BCUT2D eigenvalue weighted by Crippen LogP contribution is -2.22. The van der Waals surface area contributed by atoms with Crippen molar-refractivity contribution in [2.45, 2.75) is 6.61 Å². The number of amides is 1. The Kier molecular flexibility index (Phi) is 5.69. The third-order valence-corrected chi connectivity index (χ3v) is 5.80. The van der Waals surface area contributed by atoms with Gasteiger partial charge in [0.1, 0.15) is 16.7 Å². The fourth-order valence-electron chi connectivity index (χ4n) is 2.18. The molecule has 3 rings (SSSR count). The monoisotopic (exact) mass is 409 g/mol. The van der Waals surface area contributed by atoms with Crippen molar-refractivity contribution < 1.29 is 9.53 Å². The summed E-state index contributed by atoms with van der Waals surface area (Å²) in [5, 5.41) is 1.15. The fraction of sp³-hybridized carbons (Fsp3) is 0.111. The van der Waals surface area contributed by atoms with Gasteiger partial charge in [0.05, 0.1) is 4.91 Å². The van der Waals surface area contributed by atoms with Crippen LogP contribution in [0.4, 0.5) is 0 Å². The molecule has 25 heavy (non-hydrogen) atoms. The summed E-state index contributed by atoms with van der Waals surface area (Å²) in [5.74, 6) is 0.611. The normalized spacial score (nSPS) is 16.0. The van der Waals surface area contributed by atoms with E-state index in [1.165, 1.54) is 16.7 Å². The summed E-state index contributed by atoms with van der Waals surface area (Å²) in [4.78, 5) is 14.1. The second-order valence-corrected chi connectivity index (χ2v) is 7.79. The van der Waals surface area contributed by atoms with E-state index in [1.807, 2.05) is 30.3 Å². The molecule has 0 spiro atoms. The molecule has 2 aromatic carbocycles. The van der Waals surface area contributed by atoms with Crippen molar-refractivity contribution in [1.29, 1.82) is 0 Å². The number of ether oxygens (including phenoxy) is 1. The van der Waals surface area contributed by atoms with Crippen molar-refractivity contribution in [1.82, 2.24) is 4.90 Å². The molecule has 0 bridgehead atoms. The van der Waals surface area contributed by atoms with Crippen LogP contribution in [0.1, 0.15) is 11.1 Å². The van der Waals surface area contributed by atoms with Crippen molar-refractivity contribution >= 4 is 63.5 Å². The lowest BCUT2D eigenvalue weighted by Gasteiger charge is -2.09. The predicted octanol–water partition coefficient (Wildman–Crippen LogP) is 5.40. The molecule has 2 aromatic rings. The van der Waals surface area contributed by atoms with E-state index in [9.17, 15) is 4.79 Å². The number of thioether (sulfide) groups is 1. The zero-order valence-corrected chi connectivity index (χ0v) is 16.3. The Bertz CT molecular complexity index is 846. The van der Waals surface area contributed by atoms with Gasteiger partial charge < -0.3 is 4.74 Å². The molecule has 1 amide bonds. The third kappa shape index (κ3) is 4.18. The molecule has 7 heteroatoms. The summed E-state index contributed by atoms with van der Waals surface area (Å²) in [5.41, 5.74) is 1.65. The van der Waals surface area contributed by atoms with Gasteiger partial charge in [-0.3, -0.25) is 9.69 Å². The minimum absolute atomic E-state index is 0.0799. The summed E-state index contributed by atoms with van der Waals surface area (Å²) in [6.07, 6.45) is 1.82. The van der Waals surface area contributed by atoms with Crippen molar-refractivity contribution in [2.75, 3.05) is 7.05 Å². The summed E-state index contributed by atoms with van der Waals surface area (Å²) in [7, 11) is 1.68. The summed E-state index contributed by atoms with van der Waals surface area (Å²) in [6, 6.07) is 12.8. The molecule has 0 unspecified atom stereocenters. The second-order valence-electron chi connectivity index (χ2n) is 5.30. The van der Waals surface area contributed by atoms with E-state index in [0.717, 1.165) is 11.1 Å². The largest absolute Gasteiger partial charge is 0.489 e. The van der Waals surface area contributed by atoms with Crippen molar-refractivity contribution in [3.63, 3.8) is 0 Å². The molecule has 128 valence electrons. The molecule has 0 N–H and O–H groups in total. The van der Waals surface area contributed by atoms with E-state index < -0.39 is 0 Å². The van der Waals surface area contributed by atoms with Gasteiger partial charge >= 0.3 is 0 Å². The summed E-state index contributed by atoms with van der Waals surface area (Å²) < 4.78 is 6.31. The van der Waals surface area contributed by atoms with Crippen LogP contribution in [0.5, 0.6) is 5.75 Å². The Morgan fingerprint density at radius 1 is 1.16 bits per heavy atom. The van der Waals surface area contributed by atoms with E-state index >= 15 is 0 Å². The fourth-order valence-corrected chi connectivity index (χ4v) is 3.87. The SMILES string of the molecule is CN1C(=O)/C(=C/c2ccc(OCc3c(Cl)cccc3Cl)cc2)SC1=S. The van der Waals surface area contributed by atoms with Crippen molar-refractivity contribution in [2.24, 2.45) is 0 Å². The maximum atomic E-state index is 12.0. The van der Waals surface area contributed by atoms with Crippen molar-refractivity contribution in [3.05, 3.63) is 68.5 Å². The van der Waals surface area contributed by atoms with Crippen molar-refractivity contribution in [3.8, 4) is 5.75 Å². The molecule has 1 aliphatic rings. The molecular weight excluding hydrogens is 397 g/mol. The first-order chi connectivity index (χ1) is 12.0. The van der Waals surface area contributed by atoms with E-state index in [4.69, 9.17) is 40.2 Å². The average Bonchev–Trinajstić information content (AvgIpc) is 2.83. The number of likely N-dealkylation sites (N-methyl/N-ethyl adjacent to an activating group) is 1. The summed E-state index contributed by atoms with van der Waals surface area (Å²) in [6.45, 7) is 0.284. The smallest absolute Gasteiger partial charge is 0.265 e. The molecule has 1 fully saturated rings. The van der Waals surface area contributed by atoms with Crippen LogP contribution in [0.3, 0.4) is 0 Å². The second kappa shape index (κ2) is 7.79. The minimum Gasteiger partial charge on any atom is -0.489 e. The topological polar surface area (TPSA) is 29.5 Å². The standard InChI is InChI=1S/C18H13Cl2NO2S2/c1-21-17(22)16(25-18(21)24)9-11-5-7-12(8-6-11)23-10-13-14(19)3-2-4-15(13)20/h2-9H,10H2,1H3/b16-9-. The molecule has 0 aliphatic carbocycles. The minimum atomic E-state index is -0.0799. The molecule has 1 aliphatic heterocycles. The molecule has 3 nitrogen and oxygen atoms in total.